The molecule has 0 spiro atoms. The minimum Gasteiger partial charge on any atom is -0.481 e. The van der Waals surface area contributed by atoms with E-state index in [0.717, 1.165) is 17.5 Å². The Bertz CT molecular complexity index is 917. The zero-order valence-corrected chi connectivity index (χ0v) is 17.2. The molecule has 0 heterocycles. The van der Waals surface area contributed by atoms with Gasteiger partial charge in [0, 0.05) is 0 Å². The maximum absolute atomic E-state index is 12.9. The molecule has 2 N–H and O–H groups in total. The molecule has 3 aromatic carbocycles. The van der Waals surface area contributed by atoms with E-state index in [1.54, 1.807) is 6.92 Å². The van der Waals surface area contributed by atoms with E-state index in [9.17, 15) is 9.59 Å². The summed E-state index contributed by atoms with van der Waals surface area (Å²) in [7, 11) is 0. The van der Waals surface area contributed by atoms with Gasteiger partial charge in [-0.05, 0) is 42.2 Å². The SMILES string of the molecule is CCc1ccc(OC(C)C(=O)NNC(=O)C(c2ccccc2)c2ccccc2)cc1. The molecule has 1 unspecified atom stereocenters. The molecule has 154 valence electrons. The van der Waals surface area contributed by atoms with Gasteiger partial charge in [0.05, 0.1) is 5.92 Å². The van der Waals surface area contributed by atoms with Crippen molar-refractivity contribution >= 4 is 11.8 Å². The number of amides is 2. The number of benzene rings is 3. The summed E-state index contributed by atoms with van der Waals surface area (Å²) in [4.78, 5) is 25.4. The van der Waals surface area contributed by atoms with E-state index >= 15 is 0 Å². The van der Waals surface area contributed by atoms with E-state index < -0.39 is 17.9 Å². The van der Waals surface area contributed by atoms with Gasteiger partial charge in [-0.1, -0.05) is 79.7 Å². The predicted octanol–water partition coefficient (Wildman–Crippen LogP) is 4.00. The molecule has 0 saturated heterocycles. The normalized spacial score (nSPS) is 11.6. The number of rotatable bonds is 7. The topological polar surface area (TPSA) is 67.4 Å². The lowest BCUT2D eigenvalue weighted by Gasteiger charge is -2.20. The van der Waals surface area contributed by atoms with Gasteiger partial charge in [0.2, 0.25) is 5.91 Å². The lowest BCUT2D eigenvalue weighted by molar-refractivity contribution is -0.133. The third-order valence-corrected chi connectivity index (χ3v) is 4.85. The quantitative estimate of drug-likeness (QED) is 0.587. The largest absolute Gasteiger partial charge is 0.481 e. The van der Waals surface area contributed by atoms with Crippen LogP contribution in [-0.2, 0) is 16.0 Å². The van der Waals surface area contributed by atoms with Crippen molar-refractivity contribution in [1.29, 1.82) is 0 Å². The molecule has 1 atom stereocenters. The van der Waals surface area contributed by atoms with Crippen LogP contribution in [0.15, 0.2) is 84.9 Å². The van der Waals surface area contributed by atoms with Crippen LogP contribution in [0.5, 0.6) is 5.75 Å². The zero-order valence-electron chi connectivity index (χ0n) is 17.2. The highest BCUT2D eigenvalue weighted by atomic mass is 16.5. The number of aryl methyl sites for hydroxylation is 1. The third kappa shape index (κ3) is 5.47. The van der Waals surface area contributed by atoms with Gasteiger partial charge in [-0.25, -0.2) is 0 Å². The Morgan fingerprint density at radius 2 is 1.27 bits per heavy atom. The van der Waals surface area contributed by atoms with Crippen molar-refractivity contribution in [1.82, 2.24) is 10.9 Å². The van der Waals surface area contributed by atoms with E-state index in [1.807, 2.05) is 84.9 Å². The second-order valence-corrected chi connectivity index (χ2v) is 6.99. The van der Waals surface area contributed by atoms with Gasteiger partial charge in [-0.2, -0.15) is 0 Å². The van der Waals surface area contributed by atoms with Crippen LogP contribution in [0.4, 0.5) is 0 Å². The Labute approximate surface area is 177 Å². The fourth-order valence-electron chi connectivity index (χ4n) is 3.14. The van der Waals surface area contributed by atoms with Crippen molar-refractivity contribution in [2.75, 3.05) is 0 Å². The first-order valence-electron chi connectivity index (χ1n) is 10.0. The number of nitrogens with one attached hydrogen (secondary N) is 2. The number of ether oxygens (including phenoxy) is 1. The minimum atomic E-state index is -0.760. The summed E-state index contributed by atoms with van der Waals surface area (Å²) in [6.07, 6.45) is 0.177. The summed E-state index contributed by atoms with van der Waals surface area (Å²) in [5.74, 6) is -0.679. The van der Waals surface area contributed by atoms with Gasteiger partial charge in [0.15, 0.2) is 6.10 Å². The lowest BCUT2D eigenvalue weighted by atomic mass is 9.91. The summed E-state index contributed by atoms with van der Waals surface area (Å²) in [6, 6.07) is 26.5. The molecular weight excluding hydrogens is 376 g/mol. The summed E-state index contributed by atoms with van der Waals surface area (Å²) in [5.41, 5.74) is 7.91. The maximum Gasteiger partial charge on any atom is 0.279 e. The second-order valence-electron chi connectivity index (χ2n) is 6.99. The maximum atomic E-state index is 12.9. The van der Waals surface area contributed by atoms with Crippen molar-refractivity contribution in [3.63, 3.8) is 0 Å². The number of carbonyl (C=O) groups excluding carboxylic acids is 2. The minimum absolute atomic E-state index is 0.319. The van der Waals surface area contributed by atoms with Crippen LogP contribution in [0, 0.1) is 0 Å². The molecule has 0 aliphatic carbocycles. The molecule has 0 saturated carbocycles. The van der Waals surface area contributed by atoms with Crippen LogP contribution in [-0.4, -0.2) is 17.9 Å². The van der Waals surface area contributed by atoms with Crippen LogP contribution < -0.4 is 15.6 Å². The Hall–Kier alpha value is -3.60. The van der Waals surface area contributed by atoms with Crippen LogP contribution in [0.25, 0.3) is 0 Å². The summed E-state index contributed by atoms with van der Waals surface area (Å²) in [5, 5.41) is 0. The Morgan fingerprint density at radius 1 is 0.767 bits per heavy atom. The first-order valence-corrected chi connectivity index (χ1v) is 10.0. The molecule has 5 nitrogen and oxygen atoms in total. The highest BCUT2D eigenvalue weighted by molar-refractivity contribution is 5.90. The number of hydrazine groups is 1. The molecule has 3 aromatic rings. The fraction of sp³-hybridized carbons (Fsp3) is 0.200. The highest BCUT2D eigenvalue weighted by Gasteiger charge is 2.24. The third-order valence-electron chi connectivity index (χ3n) is 4.85. The number of hydrogen-bond donors (Lipinski definition) is 2. The van der Waals surface area contributed by atoms with Crippen molar-refractivity contribution in [3.05, 3.63) is 102 Å². The van der Waals surface area contributed by atoms with Gasteiger partial charge in [-0.15, -0.1) is 0 Å². The second kappa shape index (κ2) is 10.3. The van der Waals surface area contributed by atoms with Crippen molar-refractivity contribution in [2.24, 2.45) is 0 Å². The van der Waals surface area contributed by atoms with Crippen LogP contribution in [0.3, 0.4) is 0 Å². The van der Waals surface area contributed by atoms with E-state index in [-0.39, 0.29) is 5.91 Å². The molecule has 0 aliphatic rings. The predicted molar refractivity (Wildman–Crippen MR) is 117 cm³/mol. The molecule has 2 amide bonds. The van der Waals surface area contributed by atoms with Gasteiger partial charge in [0.25, 0.3) is 5.91 Å². The van der Waals surface area contributed by atoms with Gasteiger partial charge >= 0.3 is 0 Å². The smallest absolute Gasteiger partial charge is 0.279 e. The average molecular weight is 402 g/mol. The van der Waals surface area contributed by atoms with E-state index in [1.165, 1.54) is 5.56 Å². The molecular formula is C25H26N2O3. The highest BCUT2D eigenvalue weighted by Crippen LogP contribution is 2.24. The average Bonchev–Trinajstić information content (AvgIpc) is 2.79. The molecule has 0 fully saturated rings. The van der Waals surface area contributed by atoms with Crippen LogP contribution in [0.1, 0.15) is 36.5 Å². The molecule has 3 rings (SSSR count). The van der Waals surface area contributed by atoms with Crippen LogP contribution in [0.2, 0.25) is 0 Å². The summed E-state index contributed by atoms with van der Waals surface area (Å²) < 4.78 is 5.67. The van der Waals surface area contributed by atoms with Gasteiger partial charge in [-0.3, -0.25) is 20.4 Å². The monoisotopic (exact) mass is 402 g/mol. The standard InChI is InChI=1S/C25H26N2O3/c1-3-19-14-16-22(17-15-19)30-18(2)24(28)26-27-25(29)23(20-10-6-4-7-11-20)21-12-8-5-9-13-21/h4-18,23H,3H2,1-2H3,(H,26,28)(H,27,29). The zero-order chi connectivity index (χ0) is 21.3. The van der Waals surface area contributed by atoms with Gasteiger partial charge < -0.3 is 4.74 Å². The fourth-order valence-corrected chi connectivity index (χ4v) is 3.14. The lowest BCUT2D eigenvalue weighted by Crippen LogP contribution is -2.48. The first kappa shape index (κ1) is 21.1. The Balaban J connectivity index is 1.63. The molecule has 0 radical (unpaired) electrons. The summed E-state index contributed by atoms with van der Waals surface area (Å²) >= 11 is 0. The van der Waals surface area contributed by atoms with E-state index in [2.05, 4.69) is 17.8 Å². The Kier molecular flexibility index (Phi) is 7.22. The van der Waals surface area contributed by atoms with E-state index in [4.69, 9.17) is 4.74 Å². The first-order chi connectivity index (χ1) is 14.6. The van der Waals surface area contributed by atoms with Crippen molar-refractivity contribution in [2.45, 2.75) is 32.3 Å². The molecule has 0 aromatic heterocycles. The molecule has 0 bridgehead atoms. The molecule has 5 heteroatoms. The van der Waals surface area contributed by atoms with Crippen molar-refractivity contribution in [3.8, 4) is 5.75 Å². The van der Waals surface area contributed by atoms with Crippen LogP contribution >= 0.6 is 0 Å². The van der Waals surface area contributed by atoms with E-state index in [0.29, 0.717) is 5.75 Å². The molecule has 0 aliphatic heterocycles. The number of carbonyl (C=O) groups is 2. The van der Waals surface area contributed by atoms with Crippen molar-refractivity contribution < 1.29 is 14.3 Å². The summed E-state index contributed by atoms with van der Waals surface area (Å²) in [6.45, 7) is 3.72. The van der Waals surface area contributed by atoms with Gasteiger partial charge in [0.1, 0.15) is 5.75 Å². The number of hydrogen-bond acceptors (Lipinski definition) is 3. The Morgan fingerprint density at radius 3 is 1.77 bits per heavy atom. The molecule has 30 heavy (non-hydrogen) atoms.